The van der Waals surface area contributed by atoms with E-state index in [1.807, 2.05) is 11.4 Å². The van der Waals surface area contributed by atoms with E-state index in [1.165, 1.54) is 10.6 Å². The highest BCUT2D eigenvalue weighted by atomic mass is 32.1. The SMILES string of the molecule is CCn1c(-c2cccnc2COC)c2c3cc(ccc31)-c1nc(cs1)C[C@H](N)C(=O)N1CCC[C@H](N1)C(=O)OCC(C)(C)C2. The summed E-state index contributed by atoms with van der Waals surface area (Å²) in [7, 11) is 1.68. The highest BCUT2D eigenvalue weighted by Crippen LogP contribution is 2.41. The third-order valence-corrected chi connectivity index (χ3v) is 9.39. The first-order valence-electron chi connectivity index (χ1n) is 15.2. The molecule has 0 saturated carbocycles. The van der Waals surface area contributed by atoms with Gasteiger partial charge in [0.25, 0.3) is 5.91 Å². The maximum atomic E-state index is 13.3. The number of esters is 1. The Kier molecular flexibility index (Phi) is 8.56. The molecule has 2 atom stereocenters. The lowest BCUT2D eigenvalue weighted by Crippen LogP contribution is -2.59. The minimum Gasteiger partial charge on any atom is -0.464 e. The molecule has 2 aliphatic rings. The van der Waals surface area contributed by atoms with E-state index in [0.717, 1.165) is 50.7 Å². The van der Waals surface area contributed by atoms with Crippen LogP contribution in [-0.4, -0.2) is 63.8 Å². The van der Waals surface area contributed by atoms with Crippen molar-refractivity contribution in [1.29, 1.82) is 0 Å². The van der Waals surface area contributed by atoms with Crippen molar-refractivity contribution in [1.82, 2.24) is 25.0 Å². The Morgan fingerprint density at radius 2 is 2.09 bits per heavy atom. The van der Waals surface area contributed by atoms with Crippen LogP contribution in [0.1, 0.15) is 50.6 Å². The van der Waals surface area contributed by atoms with Crippen molar-refractivity contribution in [3.63, 3.8) is 0 Å². The number of cyclic esters (lactones) is 1. The van der Waals surface area contributed by atoms with Gasteiger partial charge in [-0.3, -0.25) is 19.6 Å². The minimum atomic E-state index is -0.777. The Bertz CT molecular complexity index is 1690. The maximum Gasteiger partial charge on any atom is 0.324 e. The van der Waals surface area contributed by atoms with Gasteiger partial charge in [0.2, 0.25) is 0 Å². The Balaban J connectivity index is 1.52. The zero-order valence-corrected chi connectivity index (χ0v) is 26.6. The van der Waals surface area contributed by atoms with Crippen LogP contribution in [0.2, 0.25) is 0 Å². The number of nitrogens with zero attached hydrogens (tertiary/aromatic N) is 4. The second kappa shape index (κ2) is 12.4. The van der Waals surface area contributed by atoms with Crippen LogP contribution in [0.25, 0.3) is 32.7 Å². The third kappa shape index (κ3) is 5.89. The van der Waals surface area contributed by atoms with Gasteiger partial charge in [0, 0.05) is 65.6 Å². The molecule has 0 unspecified atom stereocenters. The summed E-state index contributed by atoms with van der Waals surface area (Å²) >= 11 is 1.55. The smallest absolute Gasteiger partial charge is 0.324 e. The molecule has 1 saturated heterocycles. The molecule has 1 fully saturated rings. The quantitative estimate of drug-likeness (QED) is 0.322. The molecule has 6 rings (SSSR count). The van der Waals surface area contributed by atoms with Crippen molar-refractivity contribution in [3.8, 4) is 21.8 Å². The van der Waals surface area contributed by atoms with Crippen LogP contribution in [-0.2, 0) is 45.1 Å². The number of methoxy groups -OCH3 is 1. The first kappa shape index (κ1) is 30.4. The lowest BCUT2D eigenvalue weighted by molar-refractivity contribution is -0.154. The summed E-state index contributed by atoms with van der Waals surface area (Å²) in [6, 6.07) is 9.17. The van der Waals surface area contributed by atoms with Gasteiger partial charge >= 0.3 is 5.97 Å². The molecule has 10 nitrogen and oxygen atoms in total. The number of thiazole rings is 1. The van der Waals surface area contributed by atoms with E-state index in [2.05, 4.69) is 60.0 Å². The van der Waals surface area contributed by atoms with Crippen molar-refractivity contribution in [2.75, 3.05) is 20.3 Å². The summed E-state index contributed by atoms with van der Waals surface area (Å²) < 4.78 is 13.8. The summed E-state index contributed by atoms with van der Waals surface area (Å²) in [5.74, 6) is -0.608. The van der Waals surface area contributed by atoms with Crippen molar-refractivity contribution in [3.05, 3.63) is 58.9 Å². The summed E-state index contributed by atoms with van der Waals surface area (Å²) in [6.07, 6.45) is 4.04. The number of nitrogens with one attached hydrogen (secondary N) is 1. The predicted molar refractivity (Wildman–Crippen MR) is 171 cm³/mol. The zero-order chi connectivity index (χ0) is 31.0. The minimum absolute atomic E-state index is 0.225. The maximum absolute atomic E-state index is 13.3. The monoisotopic (exact) mass is 616 g/mol. The normalized spacial score (nSPS) is 20.9. The summed E-state index contributed by atoms with van der Waals surface area (Å²) in [5.41, 5.74) is 16.1. The van der Waals surface area contributed by atoms with Crippen molar-refractivity contribution in [2.45, 2.75) is 71.7 Å². The standard InChI is InChI=1S/C33H40N6O4S/c1-5-38-28-11-10-20-14-23(28)24(29(38)22-8-6-12-35-27(22)17-42-4)16-33(2,3)19-43-32(41)26-9-7-13-39(37-26)31(40)25(34)15-21-18-44-30(20)36-21/h6,8,10-12,14,18,25-26,37H,5,7,9,13,15-17,19,34H2,1-4H3/t25-,26-/m0/s1. The number of nitrogens with two attached hydrogens (primary N) is 1. The Labute approximate surface area is 261 Å². The summed E-state index contributed by atoms with van der Waals surface area (Å²) in [6.45, 7) is 8.27. The van der Waals surface area contributed by atoms with Gasteiger partial charge in [-0.1, -0.05) is 13.8 Å². The second-order valence-electron chi connectivity index (χ2n) is 12.5. The number of hydrogen-bond donors (Lipinski definition) is 2. The number of amides is 1. The molecular weight excluding hydrogens is 576 g/mol. The van der Waals surface area contributed by atoms with E-state index in [9.17, 15) is 9.59 Å². The van der Waals surface area contributed by atoms with Crippen LogP contribution < -0.4 is 11.2 Å². The number of ether oxygens (including phenoxy) is 2. The lowest BCUT2D eigenvalue weighted by Gasteiger charge is -2.34. The number of aromatic nitrogens is 3. The number of pyridine rings is 1. The van der Waals surface area contributed by atoms with Gasteiger partial charge in [-0.25, -0.2) is 10.4 Å². The molecule has 5 heterocycles. The molecule has 6 bridgehead atoms. The van der Waals surface area contributed by atoms with Crippen LogP contribution in [0.3, 0.4) is 0 Å². The summed E-state index contributed by atoms with van der Waals surface area (Å²) in [5, 5.41) is 5.46. The Hall–Kier alpha value is -3.64. The molecule has 0 aliphatic carbocycles. The van der Waals surface area contributed by atoms with E-state index in [4.69, 9.17) is 20.2 Å². The molecule has 2 aliphatic heterocycles. The largest absolute Gasteiger partial charge is 0.464 e. The fraction of sp³-hybridized carbons (Fsp3) is 0.455. The summed E-state index contributed by atoms with van der Waals surface area (Å²) in [4.78, 5) is 36.1. The van der Waals surface area contributed by atoms with Gasteiger partial charge in [0.15, 0.2) is 0 Å². The first-order valence-corrected chi connectivity index (χ1v) is 16.1. The molecule has 0 spiro atoms. The number of aryl methyl sites for hydroxylation is 1. The van der Waals surface area contributed by atoms with Crippen LogP contribution in [0.15, 0.2) is 41.9 Å². The van der Waals surface area contributed by atoms with E-state index >= 15 is 0 Å². The fourth-order valence-corrected chi connectivity index (χ4v) is 7.17. The van der Waals surface area contributed by atoms with E-state index in [-0.39, 0.29) is 18.5 Å². The molecule has 1 aromatic carbocycles. The van der Waals surface area contributed by atoms with E-state index < -0.39 is 17.5 Å². The number of hydrazine groups is 1. The van der Waals surface area contributed by atoms with Crippen LogP contribution >= 0.6 is 11.3 Å². The van der Waals surface area contributed by atoms with E-state index in [0.29, 0.717) is 38.8 Å². The first-order chi connectivity index (χ1) is 21.2. The number of hydrogen-bond acceptors (Lipinski definition) is 9. The highest BCUT2D eigenvalue weighted by molar-refractivity contribution is 7.13. The van der Waals surface area contributed by atoms with E-state index in [1.54, 1.807) is 24.6 Å². The molecule has 4 aromatic rings. The fourth-order valence-electron chi connectivity index (χ4n) is 6.34. The van der Waals surface area contributed by atoms with Gasteiger partial charge in [-0.2, -0.15) is 0 Å². The van der Waals surface area contributed by atoms with Crippen molar-refractivity contribution < 1.29 is 19.1 Å². The number of carbonyl (C=O) groups is 2. The molecule has 0 radical (unpaired) electrons. The molecule has 232 valence electrons. The molecule has 11 heteroatoms. The van der Waals surface area contributed by atoms with Crippen LogP contribution in [0.4, 0.5) is 0 Å². The van der Waals surface area contributed by atoms with Gasteiger partial charge < -0.3 is 19.8 Å². The average Bonchev–Trinajstić information content (AvgIpc) is 3.61. The molecule has 1 amide bonds. The molecule has 3 N–H and O–H groups in total. The number of fused-ring (bicyclic) bond motifs is 6. The van der Waals surface area contributed by atoms with Crippen molar-refractivity contribution >= 4 is 34.1 Å². The predicted octanol–water partition coefficient (Wildman–Crippen LogP) is 4.48. The Morgan fingerprint density at radius 1 is 1.25 bits per heavy atom. The van der Waals surface area contributed by atoms with Gasteiger partial charge in [-0.15, -0.1) is 11.3 Å². The number of rotatable bonds is 4. The topological polar surface area (TPSA) is 125 Å². The molecule has 44 heavy (non-hydrogen) atoms. The van der Waals surface area contributed by atoms with Gasteiger partial charge in [-0.05, 0) is 62.1 Å². The average molecular weight is 617 g/mol. The van der Waals surface area contributed by atoms with Gasteiger partial charge in [0.1, 0.15) is 11.0 Å². The number of benzene rings is 1. The Morgan fingerprint density at radius 3 is 2.89 bits per heavy atom. The number of carbonyl (C=O) groups excluding carboxylic acids is 2. The third-order valence-electron chi connectivity index (χ3n) is 8.45. The zero-order valence-electron chi connectivity index (χ0n) is 25.8. The van der Waals surface area contributed by atoms with Crippen LogP contribution in [0, 0.1) is 5.41 Å². The van der Waals surface area contributed by atoms with Crippen molar-refractivity contribution in [2.24, 2.45) is 11.1 Å². The molecular formula is C33H40N6O4S. The molecule has 3 aromatic heterocycles. The second-order valence-corrected chi connectivity index (χ2v) is 13.3. The van der Waals surface area contributed by atoms with Crippen LogP contribution in [0.5, 0.6) is 0 Å². The van der Waals surface area contributed by atoms with Gasteiger partial charge in [0.05, 0.1) is 36.3 Å². The lowest BCUT2D eigenvalue weighted by atomic mass is 9.84. The highest BCUT2D eigenvalue weighted by Gasteiger charge is 2.34.